The summed E-state index contributed by atoms with van der Waals surface area (Å²) in [5.41, 5.74) is 8.30. The van der Waals surface area contributed by atoms with Crippen LogP contribution in [0.5, 0.6) is 11.5 Å². The molecule has 1 aliphatic heterocycles. The fourth-order valence-electron chi connectivity index (χ4n) is 1.88. The van der Waals surface area contributed by atoms with Gasteiger partial charge in [0.2, 0.25) is 0 Å². The number of rotatable bonds is 1. The molecule has 0 fully saturated rings. The van der Waals surface area contributed by atoms with E-state index in [9.17, 15) is 0 Å². The molecule has 3 nitrogen and oxygen atoms in total. The second-order valence-corrected chi connectivity index (χ2v) is 3.57. The van der Waals surface area contributed by atoms with Crippen LogP contribution in [-0.4, -0.2) is 13.7 Å². The number of hydrogen-bond acceptors (Lipinski definition) is 3. The maximum atomic E-state index is 6.04. The van der Waals surface area contributed by atoms with Crippen LogP contribution in [0.15, 0.2) is 12.1 Å². The molecule has 0 bridgehead atoms. The van der Waals surface area contributed by atoms with E-state index in [1.165, 1.54) is 5.56 Å². The van der Waals surface area contributed by atoms with Gasteiger partial charge in [-0.1, -0.05) is 6.07 Å². The molecule has 1 atom stereocenters. The predicted molar refractivity (Wildman–Crippen MR) is 54.8 cm³/mol. The molecule has 0 aromatic heterocycles. The van der Waals surface area contributed by atoms with Gasteiger partial charge >= 0.3 is 0 Å². The molecule has 0 spiro atoms. The lowest BCUT2D eigenvalue weighted by molar-refractivity contribution is 0.252. The maximum Gasteiger partial charge on any atom is 0.166 e. The summed E-state index contributed by atoms with van der Waals surface area (Å²) in [6.07, 6.45) is 0.876. The molecule has 0 aliphatic carbocycles. The summed E-state index contributed by atoms with van der Waals surface area (Å²) in [5.74, 6) is 1.60. The first kappa shape index (κ1) is 9.34. The molecular formula is C11H15NO2. The molecular weight excluding hydrogens is 178 g/mol. The Bertz CT molecular complexity index is 349. The lowest BCUT2D eigenvalue weighted by atomic mass is 9.96. The van der Waals surface area contributed by atoms with Crippen LogP contribution in [0, 0.1) is 6.92 Å². The monoisotopic (exact) mass is 193 g/mol. The average Bonchev–Trinajstić information content (AvgIpc) is 2.18. The van der Waals surface area contributed by atoms with E-state index in [1.807, 2.05) is 19.1 Å². The van der Waals surface area contributed by atoms with Gasteiger partial charge in [-0.15, -0.1) is 0 Å². The molecule has 76 valence electrons. The largest absolute Gasteiger partial charge is 0.493 e. The van der Waals surface area contributed by atoms with Crippen LogP contribution < -0.4 is 15.2 Å². The summed E-state index contributed by atoms with van der Waals surface area (Å²) in [7, 11) is 1.65. The highest BCUT2D eigenvalue weighted by molar-refractivity contribution is 5.52. The van der Waals surface area contributed by atoms with Crippen molar-refractivity contribution < 1.29 is 9.47 Å². The normalized spacial score (nSPS) is 19.8. The molecule has 0 amide bonds. The Labute approximate surface area is 83.8 Å². The minimum absolute atomic E-state index is 0.0776. The SMILES string of the molecule is COc1ccc(C)c2c1OCCC2N. The summed E-state index contributed by atoms with van der Waals surface area (Å²) in [5, 5.41) is 0. The smallest absolute Gasteiger partial charge is 0.166 e. The molecule has 0 radical (unpaired) electrons. The Hall–Kier alpha value is -1.22. The van der Waals surface area contributed by atoms with Crippen molar-refractivity contribution in [1.29, 1.82) is 0 Å². The number of aryl methyl sites for hydroxylation is 1. The van der Waals surface area contributed by atoms with Gasteiger partial charge in [-0.05, 0) is 18.6 Å². The van der Waals surface area contributed by atoms with Gasteiger partial charge in [-0.2, -0.15) is 0 Å². The molecule has 0 saturated carbocycles. The van der Waals surface area contributed by atoms with Gasteiger partial charge in [0.05, 0.1) is 13.7 Å². The van der Waals surface area contributed by atoms with Gasteiger partial charge < -0.3 is 15.2 Å². The van der Waals surface area contributed by atoms with Crippen molar-refractivity contribution in [3.8, 4) is 11.5 Å². The summed E-state index contributed by atoms with van der Waals surface area (Å²) in [6, 6.07) is 4.02. The molecule has 1 unspecified atom stereocenters. The van der Waals surface area contributed by atoms with Crippen molar-refractivity contribution in [2.45, 2.75) is 19.4 Å². The first-order chi connectivity index (χ1) is 6.74. The third kappa shape index (κ3) is 1.34. The first-order valence-electron chi connectivity index (χ1n) is 4.80. The van der Waals surface area contributed by atoms with E-state index < -0.39 is 0 Å². The summed E-state index contributed by atoms with van der Waals surface area (Å²) < 4.78 is 10.8. The van der Waals surface area contributed by atoms with Crippen molar-refractivity contribution in [2.24, 2.45) is 5.73 Å². The highest BCUT2D eigenvalue weighted by atomic mass is 16.5. The van der Waals surface area contributed by atoms with Crippen LogP contribution in [0.3, 0.4) is 0 Å². The highest BCUT2D eigenvalue weighted by Crippen LogP contribution is 2.40. The maximum absolute atomic E-state index is 6.04. The summed E-state index contributed by atoms with van der Waals surface area (Å²) in [4.78, 5) is 0. The molecule has 3 heteroatoms. The third-order valence-electron chi connectivity index (χ3n) is 2.64. The van der Waals surface area contributed by atoms with Crippen molar-refractivity contribution >= 4 is 0 Å². The second kappa shape index (κ2) is 3.50. The molecule has 0 saturated heterocycles. The molecule has 1 heterocycles. The number of methoxy groups -OCH3 is 1. The number of fused-ring (bicyclic) bond motifs is 1. The fourth-order valence-corrected chi connectivity index (χ4v) is 1.88. The van der Waals surface area contributed by atoms with Crippen molar-refractivity contribution in [3.05, 3.63) is 23.3 Å². The van der Waals surface area contributed by atoms with E-state index in [-0.39, 0.29) is 6.04 Å². The van der Waals surface area contributed by atoms with E-state index in [2.05, 4.69) is 0 Å². The molecule has 2 rings (SSSR count). The zero-order valence-corrected chi connectivity index (χ0v) is 8.54. The van der Waals surface area contributed by atoms with Crippen molar-refractivity contribution in [2.75, 3.05) is 13.7 Å². The van der Waals surface area contributed by atoms with Gasteiger partial charge in [0.25, 0.3) is 0 Å². The van der Waals surface area contributed by atoms with Crippen LogP contribution in [0.25, 0.3) is 0 Å². The van der Waals surface area contributed by atoms with Crippen LogP contribution in [0.2, 0.25) is 0 Å². The Balaban J connectivity index is 2.57. The number of ether oxygens (including phenoxy) is 2. The Morgan fingerprint density at radius 3 is 3.00 bits per heavy atom. The van der Waals surface area contributed by atoms with Crippen molar-refractivity contribution in [3.63, 3.8) is 0 Å². The Kier molecular flexibility index (Phi) is 2.33. The van der Waals surface area contributed by atoms with E-state index in [0.29, 0.717) is 6.61 Å². The van der Waals surface area contributed by atoms with Crippen LogP contribution >= 0.6 is 0 Å². The average molecular weight is 193 g/mol. The van der Waals surface area contributed by atoms with Crippen LogP contribution in [0.4, 0.5) is 0 Å². The third-order valence-corrected chi connectivity index (χ3v) is 2.64. The molecule has 2 N–H and O–H groups in total. The van der Waals surface area contributed by atoms with Gasteiger partial charge in [0.1, 0.15) is 0 Å². The topological polar surface area (TPSA) is 44.5 Å². The molecule has 14 heavy (non-hydrogen) atoms. The Morgan fingerprint density at radius 2 is 2.29 bits per heavy atom. The van der Waals surface area contributed by atoms with Crippen molar-refractivity contribution in [1.82, 2.24) is 0 Å². The molecule has 1 aliphatic rings. The summed E-state index contributed by atoms with van der Waals surface area (Å²) in [6.45, 7) is 2.72. The van der Waals surface area contributed by atoms with Gasteiger partial charge in [0, 0.05) is 18.0 Å². The van der Waals surface area contributed by atoms with Crippen LogP contribution in [-0.2, 0) is 0 Å². The zero-order valence-electron chi connectivity index (χ0n) is 8.54. The van der Waals surface area contributed by atoms with Crippen LogP contribution in [0.1, 0.15) is 23.6 Å². The fraction of sp³-hybridized carbons (Fsp3) is 0.455. The Morgan fingerprint density at radius 1 is 1.50 bits per heavy atom. The number of benzene rings is 1. The predicted octanol–water partition coefficient (Wildman–Crippen LogP) is 1.79. The number of hydrogen-bond donors (Lipinski definition) is 1. The summed E-state index contributed by atoms with van der Waals surface area (Å²) >= 11 is 0. The van der Waals surface area contributed by atoms with E-state index in [4.69, 9.17) is 15.2 Å². The second-order valence-electron chi connectivity index (χ2n) is 3.57. The minimum Gasteiger partial charge on any atom is -0.493 e. The number of nitrogens with two attached hydrogens (primary N) is 1. The lowest BCUT2D eigenvalue weighted by Gasteiger charge is -2.26. The first-order valence-corrected chi connectivity index (χ1v) is 4.80. The van der Waals surface area contributed by atoms with Gasteiger partial charge in [-0.3, -0.25) is 0 Å². The zero-order chi connectivity index (χ0) is 10.1. The molecule has 1 aromatic carbocycles. The van der Waals surface area contributed by atoms with E-state index in [0.717, 1.165) is 23.5 Å². The molecule has 1 aromatic rings. The quantitative estimate of drug-likeness (QED) is 0.739. The van der Waals surface area contributed by atoms with Gasteiger partial charge in [0.15, 0.2) is 11.5 Å². The highest BCUT2D eigenvalue weighted by Gasteiger charge is 2.23. The van der Waals surface area contributed by atoms with E-state index in [1.54, 1.807) is 7.11 Å². The standard InChI is InChI=1S/C11H15NO2/c1-7-3-4-9(13-2)11-10(7)8(12)5-6-14-11/h3-4,8H,5-6,12H2,1-2H3. The van der Waals surface area contributed by atoms with Gasteiger partial charge in [-0.25, -0.2) is 0 Å². The lowest BCUT2D eigenvalue weighted by Crippen LogP contribution is -2.22. The minimum atomic E-state index is 0.0776. The van der Waals surface area contributed by atoms with E-state index >= 15 is 0 Å².